The zero-order chi connectivity index (χ0) is 82.1. The summed E-state index contributed by atoms with van der Waals surface area (Å²) >= 11 is 6.09. The van der Waals surface area contributed by atoms with E-state index in [-0.39, 0.29) is 134 Å². The summed E-state index contributed by atoms with van der Waals surface area (Å²) in [5, 5.41) is 62.2. The number of fused-ring (bicyclic) bond motifs is 3. The summed E-state index contributed by atoms with van der Waals surface area (Å²) in [7, 11) is 4.85. The summed E-state index contributed by atoms with van der Waals surface area (Å²) < 4.78 is 20.3. The third kappa shape index (κ3) is 21.5. The van der Waals surface area contributed by atoms with Crippen LogP contribution in [0.15, 0.2) is 106 Å². The first-order valence-corrected chi connectivity index (χ1v) is 39.1. The van der Waals surface area contributed by atoms with Crippen molar-refractivity contribution in [2.45, 2.75) is 242 Å². The minimum Gasteiger partial charge on any atom is -1.00 e. The molecule has 34 nitrogen and oxygen atoms in total. The number of ether oxygens (including phenoxy) is 2. The van der Waals surface area contributed by atoms with Crippen LogP contribution in [0, 0.1) is 0 Å². The molecule has 9 heterocycles. The van der Waals surface area contributed by atoms with Crippen molar-refractivity contribution in [3.8, 4) is 0 Å². The van der Waals surface area contributed by atoms with Crippen molar-refractivity contribution in [2.24, 2.45) is 0 Å². The molecule has 6 aliphatic rings. The first-order chi connectivity index (χ1) is 53.8. The third-order valence-corrected chi connectivity index (χ3v) is 20.7. The van der Waals surface area contributed by atoms with Gasteiger partial charge < -0.3 is 100 Å². The molecule has 6 atom stereocenters. The molecule has 15 rings (SSSR count). The molecular formula is C79H104ClIN21O13-. The van der Waals surface area contributed by atoms with Crippen molar-refractivity contribution in [1.82, 2.24) is 73.4 Å². The number of halogens is 2. The van der Waals surface area contributed by atoms with E-state index in [1.807, 2.05) is 19.9 Å². The average Bonchev–Trinajstić information content (AvgIpc) is 1.70. The number of aliphatic hydroxyl groups is 3. The lowest BCUT2D eigenvalue weighted by Gasteiger charge is -2.35. The molecule has 36 heteroatoms. The Balaban J connectivity index is 0.000000157. The molecular weight excluding hydrogens is 1610 g/mol. The number of hydrogen-bond acceptors (Lipinski definition) is 23. The van der Waals surface area contributed by atoms with E-state index in [1.54, 1.807) is 149 Å². The van der Waals surface area contributed by atoms with Gasteiger partial charge in [0.1, 0.15) is 73.5 Å². The van der Waals surface area contributed by atoms with Crippen LogP contribution < -0.4 is 88.1 Å². The van der Waals surface area contributed by atoms with Crippen molar-refractivity contribution in [3.63, 3.8) is 0 Å². The second kappa shape index (κ2) is 34.7. The normalized spacial score (nSPS) is 21.3. The maximum atomic E-state index is 13.5. The third-order valence-electron chi connectivity index (χ3n) is 20.5. The van der Waals surface area contributed by atoms with E-state index >= 15 is 0 Å². The molecule has 115 heavy (non-hydrogen) atoms. The summed E-state index contributed by atoms with van der Waals surface area (Å²) in [6.07, 6.45) is 23.3. The van der Waals surface area contributed by atoms with E-state index in [0.717, 1.165) is 89.9 Å². The number of anilines is 8. The van der Waals surface area contributed by atoms with Gasteiger partial charge in [-0.1, -0.05) is 11.6 Å². The van der Waals surface area contributed by atoms with Gasteiger partial charge in [0.15, 0.2) is 16.9 Å². The Morgan fingerprint density at radius 3 is 1.24 bits per heavy atom. The first kappa shape index (κ1) is 85.6. The fraction of sp³-hybridized carbons (Fsp3) is 0.519. The number of pyridine rings is 3. The minimum atomic E-state index is -0.820. The van der Waals surface area contributed by atoms with Gasteiger partial charge in [-0.2, -0.15) is 28.8 Å². The first-order valence-electron chi connectivity index (χ1n) is 38.8. The van der Waals surface area contributed by atoms with Gasteiger partial charge in [-0.05, 0) is 214 Å². The Labute approximate surface area is 686 Å². The lowest BCUT2D eigenvalue weighted by Crippen LogP contribution is -3.00. The topological polar surface area (TPSA) is 426 Å². The minimum absolute atomic E-state index is 0. The van der Waals surface area contributed by atoms with E-state index in [1.165, 1.54) is 43.5 Å². The molecule has 0 radical (unpaired) electrons. The van der Waals surface area contributed by atoms with Gasteiger partial charge in [-0.15, -0.1) is 0 Å². The molecule has 0 aromatic carbocycles. The lowest BCUT2D eigenvalue weighted by molar-refractivity contribution is -0.000371. The van der Waals surface area contributed by atoms with E-state index in [9.17, 15) is 53.7 Å². The molecule has 6 saturated carbocycles. The molecule has 5 amide bonds. The van der Waals surface area contributed by atoms with Gasteiger partial charge in [0, 0.05) is 94.2 Å². The molecule has 3 unspecified atom stereocenters. The smallest absolute Gasteiger partial charge is 0.415 e. The van der Waals surface area contributed by atoms with Gasteiger partial charge in [-0.3, -0.25) is 38.6 Å². The van der Waals surface area contributed by atoms with Crippen LogP contribution in [0.4, 0.5) is 55.7 Å². The number of carbonyl (C=O) groups is 5. The van der Waals surface area contributed by atoms with Gasteiger partial charge in [-0.25, -0.2) is 24.5 Å². The Morgan fingerprint density at radius 1 is 0.522 bits per heavy atom. The van der Waals surface area contributed by atoms with E-state index < -0.39 is 40.2 Å². The number of rotatable bonds is 16. The summed E-state index contributed by atoms with van der Waals surface area (Å²) in [6, 6.07) is 15.6. The highest BCUT2D eigenvalue weighted by Gasteiger charge is 2.37. The zero-order valence-corrected chi connectivity index (χ0v) is 69.8. The summed E-state index contributed by atoms with van der Waals surface area (Å²) in [5.41, 5.74) is 4.22. The predicted molar refractivity (Wildman–Crippen MR) is 432 cm³/mol. The highest BCUT2D eigenvalue weighted by molar-refractivity contribution is 6.30. The fourth-order valence-corrected chi connectivity index (χ4v) is 14.5. The van der Waals surface area contributed by atoms with Gasteiger partial charge in [0.25, 0.3) is 34.4 Å². The number of hydrogen-bond donors (Lipinski definition) is 10. The Morgan fingerprint density at radius 2 is 0.870 bits per heavy atom. The molecule has 6 fully saturated rings. The highest BCUT2D eigenvalue weighted by Crippen LogP contribution is 2.38. The molecule has 0 aliphatic heterocycles. The number of amides is 5. The van der Waals surface area contributed by atoms with Crippen LogP contribution in [0.25, 0.3) is 16.9 Å². The SMILES string of the molecule is CN(C(=O)OC(C)(C)C)c1cc(Cl)nc2c(C(=O)NC3CC3)cnn12.CN(C(=O)OC(C)(C)C)c1cc(Nc2cccn(C3CCC[C@@](C)(O)C3)c2=O)nc2c(C(=O)NC3CC3)cnn12.CNc1cc(Nc2cccn(C3CCC[C@@](C)(O)C3)c2=O)nc2c(C(=O)NC3CC3)cnn12.C[C@@]1(O)CCCC(n2cccc(N)c2=O)C1.[I-]. The predicted octanol–water partition coefficient (Wildman–Crippen LogP) is 7.15. The largest absolute Gasteiger partial charge is 1.00 e. The van der Waals surface area contributed by atoms with Crippen LogP contribution in [0.2, 0.25) is 5.15 Å². The average molecular weight is 1720 g/mol. The monoisotopic (exact) mass is 1720 g/mol. The van der Waals surface area contributed by atoms with Crippen LogP contribution >= 0.6 is 11.6 Å². The summed E-state index contributed by atoms with van der Waals surface area (Å²) in [6.45, 7) is 16.1. The van der Waals surface area contributed by atoms with Crippen molar-refractivity contribution in [3.05, 3.63) is 145 Å². The maximum absolute atomic E-state index is 13.5. The van der Waals surface area contributed by atoms with Crippen LogP contribution in [-0.2, 0) is 9.47 Å². The molecule has 9 aromatic rings. The second-order valence-electron chi connectivity index (χ2n) is 33.4. The van der Waals surface area contributed by atoms with E-state index in [2.05, 4.69) is 62.1 Å². The number of carbonyl (C=O) groups excluding carboxylic acids is 5. The van der Waals surface area contributed by atoms with Gasteiger partial charge in [0.05, 0.1) is 41.1 Å². The van der Waals surface area contributed by atoms with Crippen molar-refractivity contribution in [1.29, 1.82) is 0 Å². The fourth-order valence-electron chi connectivity index (χ4n) is 14.3. The molecule has 618 valence electrons. The molecule has 11 N–H and O–H groups in total. The standard InChI is InChI=1S/C28H37N7O5.C23H29N7O3.C16H20ClN5O3.C12H18N2O2.HI/c1-27(2,3)40-26(38)33(5)22-14-21(32-23-19(16-29-35(22)23)24(36)30-17-10-11-17)31-20-9-7-13-34(25(20)37)18-8-6-12-28(4,39)15-18;1-23(33)9-3-5-15(12-23)29-10-4-6-17(22(29)32)27-18-11-19(24-2)30-20(28-18)16(13-25-30)21(31)26-14-7-8-14;1-16(2,3)25-15(24)21(4)12-7-11(17)20-13-10(8-18-22(12)13)14(23)19-9-5-6-9;1-12(16)6-2-4-9(8-12)14-7-3-5-10(13)11(14)15;/h7,9,13-14,16-18,39H,6,8,10-12,15H2,1-5H3,(H,30,36)(H,31,32);4,6,10-11,13-15,24,33H,3,5,7-9,12H2,1-2H3,(H,26,31)(H,27,28);7-9H,5-6H2,1-4H3,(H,19,23);3,5,7,9,16H,2,4,6,8,13H2,1H3;1H/p-1/t18?,28-;15?,23-;;9?,12-;/m11.1./s1. The lowest BCUT2D eigenvalue weighted by atomic mass is 9.83. The molecule has 0 spiro atoms. The number of nitrogens with one attached hydrogen (secondary N) is 6. The van der Waals surface area contributed by atoms with Crippen LogP contribution in [-0.4, -0.2) is 170 Å². The van der Waals surface area contributed by atoms with Crippen molar-refractivity contribution < 1.29 is 72.7 Å². The number of nitrogens with two attached hydrogens (primary N) is 1. The van der Waals surface area contributed by atoms with Gasteiger partial charge in [0.2, 0.25) is 0 Å². The number of nitrogen functional groups attached to an aromatic ring is 1. The molecule has 0 bridgehead atoms. The number of nitrogens with zero attached hydrogens (tertiary/aromatic N) is 14. The van der Waals surface area contributed by atoms with Crippen LogP contribution in [0.3, 0.4) is 0 Å². The molecule has 6 aliphatic carbocycles. The zero-order valence-electron chi connectivity index (χ0n) is 66.9. The Bertz CT molecular complexity index is 5280. The van der Waals surface area contributed by atoms with Crippen LogP contribution in [0.1, 0.15) is 227 Å². The van der Waals surface area contributed by atoms with E-state index in [4.69, 9.17) is 26.8 Å². The molecule has 9 aromatic heterocycles. The van der Waals surface area contributed by atoms with E-state index in [0.29, 0.717) is 71.4 Å². The summed E-state index contributed by atoms with van der Waals surface area (Å²) in [4.78, 5) is 118. The second-order valence-corrected chi connectivity index (χ2v) is 33.7. The number of aromatic nitrogens is 12. The van der Waals surface area contributed by atoms with Crippen molar-refractivity contribution in [2.75, 3.05) is 52.6 Å². The quantitative estimate of drug-likeness (QED) is 0.0339. The van der Waals surface area contributed by atoms with Gasteiger partial charge >= 0.3 is 12.2 Å². The van der Waals surface area contributed by atoms with Crippen molar-refractivity contribution >= 4 is 105 Å². The Kier molecular flexibility index (Phi) is 25.8. The highest BCUT2D eigenvalue weighted by atomic mass is 127. The molecule has 0 saturated heterocycles. The van der Waals surface area contributed by atoms with Crippen LogP contribution in [0.5, 0.6) is 0 Å². The summed E-state index contributed by atoms with van der Waals surface area (Å²) in [5.74, 6) is 1.21. The maximum Gasteiger partial charge on any atom is 0.415 e. The Hall–Kier alpha value is -10.2.